The molecule has 1 aliphatic rings. The van der Waals surface area contributed by atoms with Crippen molar-refractivity contribution in [3.05, 3.63) is 51.7 Å². The minimum absolute atomic E-state index is 0.164. The van der Waals surface area contributed by atoms with Gasteiger partial charge in [-0.3, -0.25) is 0 Å². The Morgan fingerprint density at radius 1 is 1.18 bits per heavy atom. The molecule has 1 aromatic heterocycles. The van der Waals surface area contributed by atoms with Gasteiger partial charge in [-0.1, -0.05) is 12.1 Å². The number of thiazole rings is 1. The van der Waals surface area contributed by atoms with Gasteiger partial charge in [-0.25, -0.2) is 9.37 Å². The van der Waals surface area contributed by atoms with Crippen molar-refractivity contribution in [1.29, 1.82) is 0 Å². The maximum Gasteiger partial charge on any atom is 0.123 e. The topological polar surface area (TPSA) is 12.9 Å². The van der Waals surface area contributed by atoms with E-state index in [4.69, 9.17) is 0 Å². The minimum Gasteiger partial charge on any atom is -0.249 e. The van der Waals surface area contributed by atoms with Crippen LogP contribution in [0.3, 0.4) is 0 Å². The molecule has 1 aliphatic carbocycles. The van der Waals surface area contributed by atoms with E-state index in [1.807, 2.05) is 29.7 Å². The molecule has 17 heavy (non-hydrogen) atoms. The molecule has 1 saturated carbocycles. The average Bonchev–Trinajstić information content (AvgIpc) is 3.09. The molecule has 0 amide bonds. The number of hydrogen-bond donors (Lipinski definition) is 0. The van der Waals surface area contributed by atoms with Crippen molar-refractivity contribution in [3.63, 3.8) is 0 Å². The van der Waals surface area contributed by atoms with E-state index >= 15 is 0 Å². The minimum atomic E-state index is -0.164. The number of halogens is 1. The van der Waals surface area contributed by atoms with Crippen molar-refractivity contribution in [2.75, 3.05) is 0 Å². The number of hydrogen-bond acceptors (Lipinski definition) is 2. The molecule has 3 rings (SSSR count). The van der Waals surface area contributed by atoms with Gasteiger partial charge in [-0.2, -0.15) is 0 Å². The van der Waals surface area contributed by atoms with E-state index in [1.54, 1.807) is 0 Å². The summed E-state index contributed by atoms with van der Waals surface area (Å²) in [6.45, 7) is 0. The highest BCUT2D eigenvalue weighted by Crippen LogP contribution is 2.41. The molecule has 0 spiro atoms. The maximum absolute atomic E-state index is 12.7. The van der Waals surface area contributed by atoms with E-state index in [0.717, 1.165) is 18.8 Å². The molecule has 0 radical (unpaired) electrons. The van der Waals surface area contributed by atoms with Crippen LogP contribution < -0.4 is 0 Å². The summed E-state index contributed by atoms with van der Waals surface area (Å²) in [5.74, 6) is 0.585. The fourth-order valence-corrected chi connectivity index (χ4v) is 2.96. The van der Waals surface area contributed by atoms with Crippen LogP contribution >= 0.6 is 11.3 Å². The van der Waals surface area contributed by atoms with Crippen LogP contribution in [0, 0.1) is 5.82 Å². The highest BCUT2D eigenvalue weighted by Gasteiger charge is 2.26. The fourth-order valence-electron chi connectivity index (χ4n) is 1.88. The molecule has 0 aliphatic heterocycles. The van der Waals surface area contributed by atoms with Crippen LogP contribution in [0.4, 0.5) is 4.39 Å². The second kappa shape index (κ2) is 4.57. The normalized spacial score (nSPS) is 15.1. The molecule has 88 valence electrons. The number of aryl methyl sites for hydroxylation is 2. The first kappa shape index (κ1) is 10.9. The second-order valence-corrected chi connectivity index (χ2v) is 5.71. The molecular weight excluding hydrogens is 233 g/mol. The maximum atomic E-state index is 12.7. The molecule has 1 nitrogen and oxygen atoms in total. The number of aromatic nitrogens is 1. The molecule has 0 bridgehead atoms. The van der Waals surface area contributed by atoms with Gasteiger partial charge in [0.05, 0.1) is 5.01 Å². The summed E-state index contributed by atoms with van der Waals surface area (Å²) in [4.78, 5) is 5.81. The Hall–Kier alpha value is -1.22. The predicted octanol–water partition coefficient (Wildman–Crippen LogP) is 3.94. The molecule has 1 aromatic carbocycles. The fraction of sp³-hybridized carbons (Fsp3) is 0.357. The van der Waals surface area contributed by atoms with E-state index in [2.05, 4.69) is 4.98 Å². The lowest BCUT2D eigenvalue weighted by Crippen LogP contribution is -1.88. The molecule has 0 atom stereocenters. The molecule has 3 heteroatoms. The van der Waals surface area contributed by atoms with Crippen molar-refractivity contribution in [2.24, 2.45) is 0 Å². The molecule has 2 aromatic rings. The zero-order valence-corrected chi connectivity index (χ0v) is 10.3. The van der Waals surface area contributed by atoms with Gasteiger partial charge in [-0.05, 0) is 43.4 Å². The van der Waals surface area contributed by atoms with Gasteiger partial charge in [0.1, 0.15) is 5.82 Å². The molecule has 1 heterocycles. The van der Waals surface area contributed by atoms with Crippen LogP contribution in [-0.4, -0.2) is 4.98 Å². The third kappa shape index (κ3) is 2.72. The van der Waals surface area contributed by atoms with E-state index in [-0.39, 0.29) is 5.82 Å². The van der Waals surface area contributed by atoms with Gasteiger partial charge in [0, 0.05) is 17.0 Å². The second-order valence-electron chi connectivity index (χ2n) is 4.57. The summed E-state index contributed by atoms with van der Waals surface area (Å²) in [7, 11) is 0. The summed E-state index contributed by atoms with van der Waals surface area (Å²) in [5, 5.41) is 1.30. The van der Waals surface area contributed by atoms with Crippen molar-refractivity contribution < 1.29 is 4.39 Å². The summed E-state index contributed by atoms with van der Waals surface area (Å²) in [6.07, 6.45) is 6.60. The van der Waals surface area contributed by atoms with Gasteiger partial charge in [0.15, 0.2) is 0 Å². The van der Waals surface area contributed by atoms with Crippen molar-refractivity contribution >= 4 is 11.3 Å². The Balaban J connectivity index is 1.60. The van der Waals surface area contributed by atoms with Crippen molar-refractivity contribution in [1.82, 2.24) is 4.98 Å². The predicted molar refractivity (Wildman–Crippen MR) is 67.9 cm³/mol. The summed E-state index contributed by atoms with van der Waals surface area (Å²) in [5.41, 5.74) is 1.19. The van der Waals surface area contributed by atoms with Crippen LogP contribution in [0.15, 0.2) is 30.5 Å². The highest BCUT2D eigenvalue weighted by atomic mass is 32.1. The number of benzene rings is 1. The zero-order valence-electron chi connectivity index (χ0n) is 9.53. The molecular formula is C14H14FNS. The SMILES string of the molecule is Fc1ccc(CCc2cnc(C3CC3)s2)cc1. The van der Waals surface area contributed by atoms with Gasteiger partial charge in [-0.15, -0.1) is 11.3 Å². The van der Waals surface area contributed by atoms with Gasteiger partial charge < -0.3 is 0 Å². The lowest BCUT2D eigenvalue weighted by molar-refractivity contribution is 0.627. The Kier molecular flexibility index (Phi) is 2.93. The Morgan fingerprint density at radius 3 is 2.65 bits per heavy atom. The third-order valence-corrected chi connectivity index (χ3v) is 4.29. The van der Waals surface area contributed by atoms with Crippen LogP contribution in [0.5, 0.6) is 0 Å². The summed E-state index contributed by atoms with van der Waals surface area (Å²) >= 11 is 1.84. The smallest absolute Gasteiger partial charge is 0.123 e. The van der Waals surface area contributed by atoms with E-state index < -0.39 is 0 Å². The van der Waals surface area contributed by atoms with Crippen LogP contribution in [0.2, 0.25) is 0 Å². The van der Waals surface area contributed by atoms with Crippen LogP contribution in [0.1, 0.15) is 34.2 Å². The molecule has 0 saturated heterocycles. The van der Waals surface area contributed by atoms with Gasteiger partial charge in [0.2, 0.25) is 0 Å². The number of rotatable bonds is 4. The lowest BCUT2D eigenvalue weighted by atomic mass is 10.1. The van der Waals surface area contributed by atoms with Crippen molar-refractivity contribution in [3.8, 4) is 0 Å². The van der Waals surface area contributed by atoms with E-state index in [0.29, 0.717) is 0 Å². The highest BCUT2D eigenvalue weighted by molar-refractivity contribution is 7.11. The zero-order chi connectivity index (χ0) is 11.7. The third-order valence-electron chi connectivity index (χ3n) is 3.07. The summed E-state index contributed by atoms with van der Waals surface area (Å²) in [6, 6.07) is 6.77. The number of nitrogens with zero attached hydrogens (tertiary/aromatic N) is 1. The Labute approximate surface area is 104 Å². The lowest BCUT2D eigenvalue weighted by Gasteiger charge is -1.98. The monoisotopic (exact) mass is 247 g/mol. The van der Waals surface area contributed by atoms with E-state index in [1.165, 1.54) is 40.4 Å². The largest absolute Gasteiger partial charge is 0.249 e. The first-order valence-corrected chi connectivity index (χ1v) is 6.82. The summed E-state index contributed by atoms with van der Waals surface area (Å²) < 4.78 is 12.7. The van der Waals surface area contributed by atoms with Gasteiger partial charge >= 0.3 is 0 Å². The standard InChI is InChI=1S/C14H14FNS/c15-12-6-1-10(2-7-12)3-8-13-9-16-14(17-13)11-4-5-11/h1-2,6-7,9,11H,3-5,8H2. The Bertz CT molecular complexity index is 499. The van der Waals surface area contributed by atoms with Crippen LogP contribution in [-0.2, 0) is 12.8 Å². The van der Waals surface area contributed by atoms with E-state index in [9.17, 15) is 4.39 Å². The first-order valence-electron chi connectivity index (χ1n) is 6.00. The first-order chi connectivity index (χ1) is 8.31. The molecule has 0 unspecified atom stereocenters. The van der Waals surface area contributed by atoms with Crippen LogP contribution in [0.25, 0.3) is 0 Å². The molecule has 1 fully saturated rings. The van der Waals surface area contributed by atoms with Gasteiger partial charge in [0.25, 0.3) is 0 Å². The Morgan fingerprint density at radius 2 is 1.94 bits per heavy atom. The quantitative estimate of drug-likeness (QED) is 0.797. The van der Waals surface area contributed by atoms with Crippen molar-refractivity contribution in [2.45, 2.75) is 31.6 Å². The molecule has 0 N–H and O–H groups in total. The average molecular weight is 247 g/mol.